The lowest BCUT2D eigenvalue weighted by Crippen LogP contribution is -2.27. The van der Waals surface area contributed by atoms with E-state index in [9.17, 15) is 22.8 Å². The summed E-state index contributed by atoms with van der Waals surface area (Å²) in [5.41, 5.74) is -0.598. The molecule has 0 saturated carbocycles. The van der Waals surface area contributed by atoms with Crippen LogP contribution in [0.15, 0.2) is 51.7 Å². The molecular formula is C24H23F3O6. The summed E-state index contributed by atoms with van der Waals surface area (Å²) in [4.78, 5) is 24.9. The van der Waals surface area contributed by atoms with E-state index >= 15 is 0 Å². The monoisotopic (exact) mass is 464 g/mol. The van der Waals surface area contributed by atoms with Crippen LogP contribution in [0.5, 0.6) is 17.2 Å². The van der Waals surface area contributed by atoms with Crippen LogP contribution in [0.25, 0.3) is 11.0 Å². The first kappa shape index (κ1) is 24.2. The number of esters is 1. The first-order valence-electron chi connectivity index (χ1n) is 10.2. The maximum absolute atomic E-state index is 13.7. The minimum Gasteiger partial charge on any atom is -0.479 e. The van der Waals surface area contributed by atoms with Gasteiger partial charge in [0, 0.05) is 6.07 Å². The third kappa shape index (κ3) is 5.85. The summed E-state index contributed by atoms with van der Waals surface area (Å²) >= 11 is 0. The van der Waals surface area contributed by atoms with E-state index < -0.39 is 35.2 Å². The van der Waals surface area contributed by atoms with E-state index in [0.29, 0.717) is 0 Å². The fourth-order valence-electron chi connectivity index (χ4n) is 2.92. The number of aryl methyl sites for hydroxylation is 1. The van der Waals surface area contributed by atoms with Gasteiger partial charge in [-0.05, 0) is 49.6 Å². The van der Waals surface area contributed by atoms with Gasteiger partial charge in [-0.25, -0.2) is 4.79 Å². The van der Waals surface area contributed by atoms with Gasteiger partial charge in [0.2, 0.25) is 11.2 Å². The molecule has 1 aromatic heterocycles. The molecule has 1 heterocycles. The number of hydrogen-bond donors (Lipinski definition) is 0. The molecule has 0 fully saturated rings. The number of fused-ring (bicyclic) bond motifs is 1. The van der Waals surface area contributed by atoms with E-state index in [0.717, 1.165) is 11.6 Å². The molecule has 9 heteroatoms. The summed E-state index contributed by atoms with van der Waals surface area (Å²) in [5.74, 6) is -2.90. The molecule has 0 amide bonds. The summed E-state index contributed by atoms with van der Waals surface area (Å²) in [6, 6.07) is 10.0. The van der Waals surface area contributed by atoms with Crippen molar-refractivity contribution < 1.29 is 36.6 Å². The summed E-state index contributed by atoms with van der Waals surface area (Å²) < 4.78 is 62.0. The lowest BCUT2D eigenvalue weighted by Gasteiger charge is -2.16. The fraction of sp³-hybridized carbons (Fsp3) is 0.333. The standard InChI is InChI=1S/C24H23F3O6/c1-13(2)12-30-23(29)15(4)31-17-8-9-18-19(11-17)33-22(24(25,26)27)21(20(18)28)32-16-7-5-6-14(3)10-16/h5-11,13,15H,12H2,1-4H3. The van der Waals surface area contributed by atoms with Crippen LogP contribution in [0.1, 0.15) is 32.1 Å². The molecule has 0 bridgehead atoms. The zero-order chi connectivity index (χ0) is 24.3. The zero-order valence-corrected chi connectivity index (χ0v) is 18.5. The Labute approximate surface area is 187 Å². The molecule has 0 N–H and O–H groups in total. The summed E-state index contributed by atoms with van der Waals surface area (Å²) in [6.45, 7) is 7.14. The molecule has 176 valence electrons. The van der Waals surface area contributed by atoms with E-state index in [1.165, 1.54) is 31.2 Å². The highest BCUT2D eigenvalue weighted by molar-refractivity contribution is 5.80. The van der Waals surface area contributed by atoms with Crippen molar-refractivity contribution in [1.82, 2.24) is 0 Å². The lowest BCUT2D eigenvalue weighted by atomic mass is 10.2. The molecule has 6 nitrogen and oxygen atoms in total. The number of alkyl halides is 3. The molecule has 0 aliphatic heterocycles. The van der Waals surface area contributed by atoms with Crippen LogP contribution in [0, 0.1) is 12.8 Å². The maximum Gasteiger partial charge on any atom is 0.453 e. The van der Waals surface area contributed by atoms with Crippen molar-refractivity contribution in [2.75, 3.05) is 6.61 Å². The predicted molar refractivity (Wildman–Crippen MR) is 115 cm³/mol. The summed E-state index contributed by atoms with van der Waals surface area (Å²) in [6.07, 6.45) is -6.00. The minimum absolute atomic E-state index is 0.0418. The van der Waals surface area contributed by atoms with Gasteiger partial charge in [0.1, 0.15) is 17.1 Å². The highest BCUT2D eigenvalue weighted by Gasteiger charge is 2.40. The number of hydrogen-bond acceptors (Lipinski definition) is 6. The van der Waals surface area contributed by atoms with Crippen molar-refractivity contribution >= 4 is 16.9 Å². The van der Waals surface area contributed by atoms with Crippen LogP contribution in [-0.2, 0) is 15.7 Å². The Morgan fingerprint density at radius 1 is 1.06 bits per heavy atom. The second-order valence-electron chi connectivity index (χ2n) is 7.95. The molecule has 0 spiro atoms. The number of halogens is 3. The largest absolute Gasteiger partial charge is 0.479 e. The van der Waals surface area contributed by atoms with Gasteiger partial charge >= 0.3 is 12.1 Å². The Hall–Kier alpha value is -3.49. The van der Waals surface area contributed by atoms with Gasteiger partial charge in [0.25, 0.3) is 5.76 Å². The molecule has 1 atom stereocenters. The molecule has 0 radical (unpaired) electrons. The molecule has 0 aliphatic rings. The molecule has 0 aliphatic carbocycles. The van der Waals surface area contributed by atoms with Crippen LogP contribution >= 0.6 is 0 Å². The highest BCUT2D eigenvalue weighted by Crippen LogP contribution is 2.38. The van der Waals surface area contributed by atoms with Gasteiger partial charge in [0.15, 0.2) is 6.10 Å². The van der Waals surface area contributed by atoms with Crippen LogP contribution in [0.2, 0.25) is 0 Å². The SMILES string of the molecule is Cc1cccc(Oc2c(C(F)(F)F)oc3cc(OC(C)C(=O)OCC(C)C)ccc3c2=O)c1. The second-order valence-corrected chi connectivity index (χ2v) is 7.95. The molecule has 3 rings (SSSR count). The smallest absolute Gasteiger partial charge is 0.453 e. The van der Waals surface area contributed by atoms with Crippen molar-refractivity contribution in [3.63, 3.8) is 0 Å². The van der Waals surface area contributed by atoms with Crippen molar-refractivity contribution in [3.05, 3.63) is 64.0 Å². The topological polar surface area (TPSA) is 75.0 Å². The van der Waals surface area contributed by atoms with E-state index in [2.05, 4.69) is 0 Å². The molecule has 3 aromatic rings. The first-order valence-corrected chi connectivity index (χ1v) is 10.2. The van der Waals surface area contributed by atoms with Crippen LogP contribution in [0.3, 0.4) is 0 Å². The second kappa shape index (κ2) is 9.56. The number of benzene rings is 2. The Kier molecular flexibility index (Phi) is 7.00. The zero-order valence-electron chi connectivity index (χ0n) is 18.5. The van der Waals surface area contributed by atoms with Gasteiger partial charge in [-0.2, -0.15) is 13.2 Å². The van der Waals surface area contributed by atoms with Crippen molar-refractivity contribution in [2.45, 2.75) is 40.0 Å². The molecular weight excluding hydrogens is 441 g/mol. The van der Waals surface area contributed by atoms with Gasteiger partial charge in [-0.3, -0.25) is 4.79 Å². The predicted octanol–water partition coefficient (Wildman–Crippen LogP) is 5.88. The highest BCUT2D eigenvalue weighted by atomic mass is 19.4. The molecule has 0 saturated heterocycles. The third-order valence-corrected chi connectivity index (χ3v) is 4.49. The quantitative estimate of drug-likeness (QED) is 0.407. The van der Waals surface area contributed by atoms with Crippen LogP contribution in [-0.4, -0.2) is 18.7 Å². The van der Waals surface area contributed by atoms with Crippen LogP contribution in [0.4, 0.5) is 13.2 Å². The third-order valence-electron chi connectivity index (χ3n) is 4.49. The molecule has 2 aromatic carbocycles. The van der Waals surface area contributed by atoms with Gasteiger partial charge in [-0.1, -0.05) is 26.0 Å². The number of ether oxygens (including phenoxy) is 3. The summed E-state index contributed by atoms with van der Waals surface area (Å²) in [5, 5.41) is -0.131. The van der Waals surface area contributed by atoms with Crippen LogP contribution < -0.4 is 14.9 Å². The Bertz CT molecular complexity index is 1210. The lowest BCUT2D eigenvalue weighted by molar-refractivity contribution is -0.154. The van der Waals surface area contributed by atoms with E-state index in [-0.39, 0.29) is 35.0 Å². The normalized spacial score (nSPS) is 12.6. The average Bonchev–Trinajstić information content (AvgIpc) is 2.73. The van der Waals surface area contributed by atoms with Crippen molar-refractivity contribution in [3.8, 4) is 17.2 Å². The summed E-state index contributed by atoms with van der Waals surface area (Å²) in [7, 11) is 0. The van der Waals surface area contributed by atoms with Crippen molar-refractivity contribution in [1.29, 1.82) is 0 Å². The van der Waals surface area contributed by atoms with Gasteiger partial charge in [-0.15, -0.1) is 0 Å². The number of rotatable bonds is 7. The molecule has 33 heavy (non-hydrogen) atoms. The number of carbonyl (C=O) groups excluding carboxylic acids is 1. The van der Waals surface area contributed by atoms with Gasteiger partial charge < -0.3 is 18.6 Å². The Morgan fingerprint density at radius 2 is 1.79 bits per heavy atom. The van der Waals surface area contributed by atoms with Gasteiger partial charge in [0.05, 0.1) is 12.0 Å². The fourth-order valence-corrected chi connectivity index (χ4v) is 2.92. The first-order chi connectivity index (χ1) is 15.5. The maximum atomic E-state index is 13.7. The number of carbonyl (C=O) groups is 1. The van der Waals surface area contributed by atoms with E-state index in [1.54, 1.807) is 19.1 Å². The van der Waals surface area contributed by atoms with E-state index in [4.69, 9.17) is 18.6 Å². The minimum atomic E-state index is -4.99. The Balaban J connectivity index is 1.98. The van der Waals surface area contributed by atoms with Crippen molar-refractivity contribution in [2.24, 2.45) is 5.92 Å². The average molecular weight is 464 g/mol. The Morgan fingerprint density at radius 3 is 2.42 bits per heavy atom. The van der Waals surface area contributed by atoms with E-state index in [1.807, 2.05) is 13.8 Å². The molecule has 1 unspecified atom stereocenters.